The molecule has 64 valence electrons. The average Bonchev–Trinajstić information content (AvgIpc) is 1.98. The van der Waals surface area contributed by atoms with Gasteiger partial charge < -0.3 is 10.2 Å². The van der Waals surface area contributed by atoms with Crippen LogP contribution in [0.4, 0.5) is 0 Å². The second-order valence-electron chi connectivity index (χ2n) is 4.31. The number of nitrogens with one attached hydrogen (secondary N) is 1. The summed E-state index contributed by atoms with van der Waals surface area (Å²) in [5, 5.41) is 3.57. The molecule has 0 aromatic heterocycles. The zero-order valence-electron chi connectivity index (χ0n) is 7.56. The van der Waals surface area contributed by atoms with Gasteiger partial charge in [-0.2, -0.15) is 0 Å². The van der Waals surface area contributed by atoms with Gasteiger partial charge in [-0.15, -0.1) is 0 Å². The topological polar surface area (TPSA) is 15.3 Å². The van der Waals surface area contributed by atoms with E-state index in [1.807, 2.05) is 0 Å². The first-order valence-electron chi connectivity index (χ1n) is 4.65. The number of hydrogen-bond donors (Lipinski definition) is 1. The molecule has 2 rings (SSSR count). The fourth-order valence-electron chi connectivity index (χ4n) is 2.42. The van der Waals surface area contributed by atoms with Crippen LogP contribution in [0.2, 0.25) is 0 Å². The van der Waals surface area contributed by atoms with Crippen LogP contribution < -0.4 is 5.32 Å². The molecule has 2 atom stereocenters. The summed E-state index contributed by atoms with van der Waals surface area (Å²) < 4.78 is 0. The number of nitrogens with zero attached hydrogens (tertiary/aromatic N) is 1. The highest BCUT2D eigenvalue weighted by Crippen LogP contribution is 2.32. The lowest BCUT2D eigenvalue weighted by molar-refractivity contribution is 0.0379. The highest BCUT2D eigenvalue weighted by atomic mass is 15.2. The molecule has 1 N–H and O–H groups in total. The Morgan fingerprint density at radius 3 is 3.09 bits per heavy atom. The van der Waals surface area contributed by atoms with Gasteiger partial charge in [0, 0.05) is 11.6 Å². The summed E-state index contributed by atoms with van der Waals surface area (Å²) >= 11 is 0. The Hall–Kier alpha value is -0.0800. The van der Waals surface area contributed by atoms with Gasteiger partial charge in [0.2, 0.25) is 0 Å². The Bertz CT molecular complexity index is 158. The second kappa shape index (κ2) is 2.46. The Kier molecular flexibility index (Phi) is 1.69. The normalized spacial score (nSPS) is 45.8. The summed E-state index contributed by atoms with van der Waals surface area (Å²) in [5.41, 5.74) is 0.508. The third-order valence-electron chi connectivity index (χ3n) is 3.52. The lowest BCUT2D eigenvalue weighted by Crippen LogP contribution is -2.59. The molecular formula is C9H18N2. The van der Waals surface area contributed by atoms with E-state index >= 15 is 0 Å². The molecule has 2 heterocycles. The molecule has 2 bridgehead atoms. The molecule has 0 radical (unpaired) electrons. The van der Waals surface area contributed by atoms with Gasteiger partial charge in [0.15, 0.2) is 0 Å². The van der Waals surface area contributed by atoms with Gasteiger partial charge >= 0.3 is 0 Å². The van der Waals surface area contributed by atoms with Crippen molar-refractivity contribution in [1.82, 2.24) is 10.2 Å². The van der Waals surface area contributed by atoms with Crippen LogP contribution in [0.1, 0.15) is 26.2 Å². The van der Waals surface area contributed by atoms with Crippen molar-refractivity contribution in [3.63, 3.8) is 0 Å². The SMILES string of the molecule is CN1CCC2C[C@]1(C)CCN2. The molecule has 2 fully saturated rings. The van der Waals surface area contributed by atoms with E-state index in [4.69, 9.17) is 0 Å². The highest BCUT2D eigenvalue weighted by Gasteiger charge is 2.38. The second-order valence-corrected chi connectivity index (χ2v) is 4.31. The van der Waals surface area contributed by atoms with E-state index in [9.17, 15) is 0 Å². The number of hydrogen-bond acceptors (Lipinski definition) is 2. The molecule has 2 aliphatic heterocycles. The van der Waals surface area contributed by atoms with Gasteiger partial charge in [-0.25, -0.2) is 0 Å². The third kappa shape index (κ3) is 1.18. The lowest BCUT2D eigenvalue weighted by Gasteiger charge is -2.49. The van der Waals surface area contributed by atoms with E-state index < -0.39 is 0 Å². The number of fused-ring (bicyclic) bond motifs is 2. The average molecular weight is 154 g/mol. The maximum Gasteiger partial charge on any atom is 0.0205 e. The monoisotopic (exact) mass is 154 g/mol. The predicted molar refractivity (Wildman–Crippen MR) is 46.7 cm³/mol. The number of likely N-dealkylation sites (tertiary alicyclic amines) is 1. The molecule has 0 spiro atoms. The zero-order valence-corrected chi connectivity index (χ0v) is 7.56. The first-order valence-corrected chi connectivity index (χ1v) is 4.65. The molecule has 0 aromatic rings. The fraction of sp³-hybridized carbons (Fsp3) is 1.00. The fourth-order valence-corrected chi connectivity index (χ4v) is 2.42. The van der Waals surface area contributed by atoms with Crippen LogP contribution in [0, 0.1) is 0 Å². The van der Waals surface area contributed by atoms with Crippen LogP contribution in [0.3, 0.4) is 0 Å². The van der Waals surface area contributed by atoms with Crippen LogP contribution in [0.25, 0.3) is 0 Å². The predicted octanol–water partition coefficient (Wildman–Crippen LogP) is 0.833. The molecule has 1 unspecified atom stereocenters. The maximum absolute atomic E-state index is 3.57. The summed E-state index contributed by atoms with van der Waals surface area (Å²) in [5.74, 6) is 0. The van der Waals surface area contributed by atoms with Crippen molar-refractivity contribution in [3.8, 4) is 0 Å². The molecule has 2 heteroatoms. The van der Waals surface area contributed by atoms with Gasteiger partial charge in [0.05, 0.1) is 0 Å². The van der Waals surface area contributed by atoms with Gasteiger partial charge in [0.25, 0.3) is 0 Å². The van der Waals surface area contributed by atoms with Crippen LogP contribution in [0.15, 0.2) is 0 Å². The van der Waals surface area contributed by atoms with Crippen LogP contribution in [0.5, 0.6) is 0 Å². The standard InChI is InChI=1S/C9H18N2/c1-9-4-5-10-8(7-9)3-6-11(9)2/h8,10H,3-7H2,1-2H3/t8?,9-/m0/s1. The lowest BCUT2D eigenvalue weighted by atomic mass is 9.80. The molecular weight excluding hydrogens is 136 g/mol. The molecule has 11 heavy (non-hydrogen) atoms. The maximum atomic E-state index is 3.57. The molecule has 0 amide bonds. The number of piperidine rings is 2. The van der Waals surface area contributed by atoms with E-state index in [-0.39, 0.29) is 0 Å². The van der Waals surface area contributed by atoms with E-state index in [2.05, 4.69) is 24.2 Å². The minimum absolute atomic E-state index is 0.508. The van der Waals surface area contributed by atoms with Gasteiger partial charge in [-0.1, -0.05) is 0 Å². The number of rotatable bonds is 0. The quantitative estimate of drug-likeness (QED) is 0.556. The third-order valence-corrected chi connectivity index (χ3v) is 3.52. The van der Waals surface area contributed by atoms with Gasteiger partial charge in [-0.3, -0.25) is 0 Å². The Morgan fingerprint density at radius 2 is 2.36 bits per heavy atom. The summed E-state index contributed by atoms with van der Waals surface area (Å²) in [6, 6.07) is 0.810. The Morgan fingerprint density at radius 1 is 1.55 bits per heavy atom. The largest absolute Gasteiger partial charge is 0.314 e. The highest BCUT2D eigenvalue weighted by molar-refractivity contribution is 4.97. The summed E-state index contributed by atoms with van der Waals surface area (Å²) in [6.07, 6.45) is 4.01. The first kappa shape index (κ1) is 7.56. The van der Waals surface area contributed by atoms with Crippen LogP contribution in [-0.2, 0) is 0 Å². The van der Waals surface area contributed by atoms with Crippen LogP contribution >= 0.6 is 0 Å². The molecule has 0 saturated carbocycles. The van der Waals surface area contributed by atoms with Crippen LogP contribution in [-0.4, -0.2) is 36.6 Å². The Balaban J connectivity index is 2.13. The van der Waals surface area contributed by atoms with Crippen molar-refractivity contribution in [1.29, 1.82) is 0 Å². The van der Waals surface area contributed by atoms with Gasteiger partial charge in [0.1, 0.15) is 0 Å². The first-order chi connectivity index (χ1) is 5.21. The molecule has 2 aliphatic rings. The summed E-state index contributed by atoms with van der Waals surface area (Å²) in [7, 11) is 2.27. The molecule has 0 aromatic carbocycles. The van der Waals surface area contributed by atoms with Crippen molar-refractivity contribution >= 4 is 0 Å². The van der Waals surface area contributed by atoms with Crippen molar-refractivity contribution in [2.45, 2.75) is 37.8 Å². The van der Waals surface area contributed by atoms with Gasteiger partial charge in [-0.05, 0) is 46.3 Å². The van der Waals surface area contributed by atoms with E-state index in [0.29, 0.717) is 5.54 Å². The zero-order chi connectivity index (χ0) is 7.90. The van der Waals surface area contributed by atoms with E-state index in [1.165, 1.54) is 32.4 Å². The Labute approximate surface area is 69.0 Å². The van der Waals surface area contributed by atoms with Crippen molar-refractivity contribution < 1.29 is 0 Å². The van der Waals surface area contributed by atoms with Crippen molar-refractivity contribution in [2.24, 2.45) is 0 Å². The minimum atomic E-state index is 0.508. The minimum Gasteiger partial charge on any atom is -0.314 e. The van der Waals surface area contributed by atoms with Crippen molar-refractivity contribution in [3.05, 3.63) is 0 Å². The summed E-state index contributed by atoms with van der Waals surface area (Å²) in [4.78, 5) is 2.53. The van der Waals surface area contributed by atoms with E-state index in [0.717, 1.165) is 6.04 Å². The molecule has 2 nitrogen and oxygen atoms in total. The van der Waals surface area contributed by atoms with E-state index in [1.54, 1.807) is 0 Å². The smallest absolute Gasteiger partial charge is 0.0205 e. The molecule has 0 aliphatic carbocycles. The summed E-state index contributed by atoms with van der Waals surface area (Å²) in [6.45, 7) is 4.89. The van der Waals surface area contributed by atoms with Crippen molar-refractivity contribution in [2.75, 3.05) is 20.1 Å². The molecule has 2 saturated heterocycles.